The number of piperidine rings is 1. The number of hydrogen-bond acceptors (Lipinski definition) is 3. The molecule has 0 unspecified atom stereocenters. The van der Waals surface area contributed by atoms with E-state index in [-0.39, 0.29) is 17.9 Å². The Morgan fingerprint density at radius 3 is 2.89 bits per heavy atom. The standard InChI is InChI=1S/C15H22N2O2/c1-11(2)19-14-8-4-3-7-13(14)17-15(18)12-6-5-9-16-10-12/h3-4,7-8,11-12,16H,5-6,9-10H2,1-2H3,(H,17,18)/t12-/m1/s1. The molecule has 1 fully saturated rings. The number of ether oxygens (including phenoxy) is 1. The first kappa shape index (κ1) is 13.9. The minimum Gasteiger partial charge on any atom is -0.489 e. The molecule has 1 heterocycles. The zero-order chi connectivity index (χ0) is 13.7. The Labute approximate surface area is 114 Å². The average molecular weight is 262 g/mol. The largest absolute Gasteiger partial charge is 0.489 e. The monoisotopic (exact) mass is 262 g/mol. The number of carbonyl (C=O) groups is 1. The van der Waals surface area contributed by atoms with Crippen LogP contribution in [-0.4, -0.2) is 25.1 Å². The van der Waals surface area contributed by atoms with Crippen LogP contribution in [0.2, 0.25) is 0 Å². The summed E-state index contributed by atoms with van der Waals surface area (Å²) in [6.45, 7) is 5.73. The lowest BCUT2D eigenvalue weighted by Gasteiger charge is -2.22. The molecule has 19 heavy (non-hydrogen) atoms. The maximum Gasteiger partial charge on any atom is 0.228 e. The summed E-state index contributed by atoms with van der Waals surface area (Å²) >= 11 is 0. The highest BCUT2D eigenvalue weighted by Crippen LogP contribution is 2.26. The Balaban J connectivity index is 2.03. The van der Waals surface area contributed by atoms with E-state index in [0.29, 0.717) is 0 Å². The average Bonchev–Trinajstić information content (AvgIpc) is 2.41. The zero-order valence-electron chi connectivity index (χ0n) is 11.6. The van der Waals surface area contributed by atoms with Gasteiger partial charge in [-0.15, -0.1) is 0 Å². The van der Waals surface area contributed by atoms with Crippen molar-refractivity contribution in [2.45, 2.75) is 32.8 Å². The molecule has 2 rings (SSSR count). The van der Waals surface area contributed by atoms with Gasteiger partial charge in [-0.2, -0.15) is 0 Å². The van der Waals surface area contributed by atoms with Crippen molar-refractivity contribution in [3.63, 3.8) is 0 Å². The van der Waals surface area contributed by atoms with E-state index < -0.39 is 0 Å². The molecule has 0 spiro atoms. The number of carbonyl (C=O) groups excluding carboxylic acids is 1. The number of hydrogen-bond donors (Lipinski definition) is 2. The number of nitrogens with one attached hydrogen (secondary N) is 2. The van der Waals surface area contributed by atoms with Crippen molar-refractivity contribution in [2.24, 2.45) is 5.92 Å². The van der Waals surface area contributed by atoms with Gasteiger partial charge in [-0.3, -0.25) is 4.79 Å². The highest BCUT2D eigenvalue weighted by atomic mass is 16.5. The van der Waals surface area contributed by atoms with E-state index in [1.54, 1.807) is 0 Å². The van der Waals surface area contributed by atoms with E-state index in [0.717, 1.165) is 37.4 Å². The molecule has 1 atom stereocenters. The Morgan fingerprint density at radius 2 is 2.21 bits per heavy atom. The normalized spacial score (nSPS) is 19.2. The van der Waals surface area contributed by atoms with E-state index >= 15 is 0 Å². The van der Waals surface area contributed by atoms with Crippen LogP contribution in [-0.2, 0) is 4.79 Å². The maximum absolute atomic E-state index is 12.2. The predicted octanol–water partition coefficient (Wildman–Crippen LogP) is 2.41. The van der Waals surface area contributed by atoms with Crippen LogP contribution < -0.4 is 15.4 Å². The summed E-state index contributed by atoms with van der Waals surface area (Å²) in [5, 5.41) is 6.24. The summed E-state index contributed by atoms with van der Waals surface area (Å²) in [5.74, 6) is 0.863. The molecular weight excluding hydrogens is 240 g/mol. The molecule has 0 saturated carbocycles. The Hall–Kier alpha value is -1.55. The van der Waals surface area contributed by atoms with E-state index in [4.69, 9.17) is 4.74 Å². The van der Waals surface area contributed by atoms with Gasteiger partial charge >= 0.3 is 0 Å². The highest BCUT2D eigenvalue weighted by Gasteiger charge is 2.21. The van der Waals surface area contributed by atoms with Gasteiger partial charge in [0, 0.05) is 6.54 Å². The van der Waals surface area contributed by atoms with Crippen LogP contribution in [0.15, 0.2) is 24.3 Å². The maximum atomic E-state index is 12.2. The van der Waals surface area contributed by atoms with Crippen molar-refractivity contribution in [3.8, 4) is 5.75 Å². The van der Waals surface area contributed by atoms with Gasteiger partial charge in [-0.05, 0) is 45.4 Å². The van der Waals surface area contributed by atoms with Crippen LogP contribution in [0, 0.1) is 5.92 Å². The summed E-state index contributed by atoms with van der Waals surface area (Å²) in [6, 6.07) is 7.58. The van der Waals surface area contributed by atoms with Gasteiger partial charge in [-0.25, -0.2) is 0 Å². The van der Waals surface area contributed by atoms with Crippen molar-refractivity contribution in [1.82, 2.24) is 5.32 Å². The van der Waals surface area contributed by atoms with Gasteiger partial charge in [0.15, 0.2) is 0 Å². The van der Waals surface area contributed by atoms with Crippen LogP contribution in [0.1, 0.15) is 26.7 Å². The van der Waals surface area contributed by atoms with Crippen molar-refractivity contribution in [3.05, 3.63) is 24.3 Å². The molecular formula is C15H22N2O2. The summed E-state index contributed by atoms with van der Waals surface area (Å²) in [5.41, 5.74) is 0.756. The fourth-order valence-electron chi connectivity index (χ4n) is 2.24. The first-order valence-corrected chi connectivity index (χ1v) is 6.94. The third kappa shape index (κ3) is 3.96. The minimum absolute atomic E-state index is 0.0563. The Kier molecular flexibility index (Phi) is 4.80. The first-order chi connectivity index (χ1) is 9.16. The molecule has 0 aromatic heterocycles. The van der Waals surface area contributed by atoms with Gasteiger partial charge in [0.25, 0.3) is 0 Å². The topological polar surface area (TPSA) is 50.4 Å². The minimum atomic E-state index is 0.0563. The second-order valence-corrected chi connectivity index (χ2v) is 5.20. The van der Waals surface area contributed by atoms with Crippen LogP contribution in [0.5, 0.6) is 5.75 Å². The summed E-state index contributed by atoms with van der Waals surface area (Å²) < 4.78 is 5.70. The van der Waals surface area contributed by atoms with Crippen molar-refractivity contribution < 1.29 is 9.53 Å². The Morgan fingerprint density at radius 1 is 1.42 bits per heavy atom. The van der Waals surface area contributed by atoms with Crippen molar-refractivity contribution in [2.75, 3.05) is 18.4 Å². The van der Waals surface area contributed by atoms with E-state index in [1.807, 2.05) is 38.1 Å². The summed E-state index contributed by atoms with van der Waals surface area (Å²) in [4.78, 5) is 12.2. The third-order valence-corrected chi connectivity index (χ3v) is 3.18. The lowest BCUT2D eigenvalue weighted by atomic mass is 9.99. The molecule has 1 aromatic rings. The second-order valence-electron chi connectivity index (χ2n) is 5.20. The SMILES string of the molecule is CC(C)Oc1ccccc1NC(=O)[C@@H]1CCCNC1. The quantitative estimate of drug-likeness (QED) is 0.876. The molecule has 1 aliphatic heterocycles. The first-order valence-electron chi connectivity index (χ1n) is 6.94. The van der Waals surface area contributed by atoms with Crippen LogP contribution >= 0.6 is 0 Å². The molecule has 1 saturated heterocycles. The molecule has 0 radical (unpaired) electrons. The van der Waals surface area contributed by atoms with Crippen LogP contribution in [0.4, 0.5) is 5.69 Å². The third-order valence-electron chi connectivity index (χ3n) is 3.18. The fraction of sp³-hybridized carbons (Fsp3) is 0.533. The molecule has 0 bridgehead atoms. The number of amides is 1. The summed E-state index contributed by atoms with van der Waals surface area (Å²) in [6.07, 6.45) is 2.10. The molecule has 4 nitrogen and oxygen atoms in total. The van der Waals surface area contributed by atoms with E-state index in [1.165, 1.54) is 0 Å². The lowest BCUT2D eigenvalue weighted by Crippen LogP contribution is -2.37. The molecule has 1 aromatic carbocycles. The van der Waals surface area contributed by atoms with Gasteiger partial charge in [0.05, 0.1) is 17.7 Å². The van der Waals surface area contributed by atoms with Crippen molar-refractivity contribution >= 4 is 11.6 Å². The molecule has 2 N–H and O–H groups in total. The van der Waals surface area contributed by atoms with Gasteiger partial charge in [0.1, 0.15) is 5.75 Å². The van der Waals surface area contributed by atoms with Gasteiger partial charge in [0.2, 0.25) is 5.91 Å². The molecule has 4 heteroatoms. The van der Waals surface area contributed by atoms with Gasteiger partial charge < -0.3 is 15.4 Å². The van der Waals surface area contributed by atoms with E-state index in [9.17, 15) is 4.79 Å². The zero-order valence-corrected chi connectivity index (χ0v) is 11.6. The molecule has 0 aliphatic carbocycles. The number of anilines is 1. The predicted molar refractivity (Wildman–Crippen MR) is 76.4 cm³/mol. The van der Waals surface area contributed by atoms with E-state index in [2.05, 4.69) is 10.6 Å². The van der Waals surface area contributed by atoms with Crippen LogP contribution in [0.25, 0.3) is 0 Å². The Bertz CT molecular complexity index is 426. The van der Waals surface area contributed by atoms with Crippen LogP contribution in [0.3, 0.4) is 0 Å². The molecule has 1 aliphatic rings. The highest BCUT2D eigenvalue weighted by molar-refractivity contribution is 5.94. The smallest absolute Gasteiger partial charge is 0.228 e. The second kappa shape index (κ2) is 6.57. The fourth-order valence-corrected chi connectivity index (χ4v) is 2.24. The molecule has 1 amide bonds. The molecule has 104 valence electrons. The number of rotatable bonds is 4. The van der Waals surface area contributed by atoms with Crippen molar-refractivity contribution in [1.29, 1.82) is 0 Å². The number of benzene rings is 1. The number of para-hydroxylation sites is 2. The van der Waals surface area contributed by atoms with Gasteiger partial charge in [-0.1, -0.05) is 12.1 Å². The summed E-state index contributed by atoms with van der Waals surface area (Å²) in [7, 11) is 0. The lowest BCUT2D eigenvalue weighted by molar-refractivity contribution is -0.120.